The zero-order valence-corrected chi connectivity index (χ0v) is 13.7. The van der Waals surface area contributed by atoms with E-state index in [0.717, 1.165) is 22.7 Å². The Hall–Kier alpha value is -1.22. The first-order valence-electron chi connectivity index (χ1n) is 6.61. The second kappa shape index (κ2) is 6.69. The molecule has 2 rings (SSSR count). The molecule has 0 saturated carbocycles. The lowest BCUT2D eigenvalue weighted by molar-refractivity contribution is 0.282. The van der Waals surface area contributed by atoms with E-state index in [9.17, 15) is 8.42 Å². The van der Waals surface area contributed by atoms with Gasteiger partial charge in [-0.15, -0.1) is 11.3 Å². The molecule has 0 unspecified atom stereocenters. The molecule has 0 amide bonds. The Morgan fingerprint density at radius 2 is 2.14 bits per heavy atom. The highest BCUT2D eigenvalue weighted by molar-refractivity contribution is 7.91. The first-order valence-corrected chi connectivity index (χ1v) is 8.97. The van der Waals surface area contributed by atoms with E-state index >= 15 is 0 Å². The molecule has 6 nitrogen and oxygen atoms in total. The molecule has 2 heterocycles. The monoisotopic (exact) mass is 329 g/mol. The minimum atomic E-state index is -3.48. The van der Waals surface area contributed by atoms with Gasteiger partial charge in [-0.1, -0.05) is 0 Å². The van der Waals surface area contributed by atoms with Gasteiger partial charge in [-0.05, 0) is 43.3 Å². The molecule has 2 aromatic heterocycles. The largest absolute Gasteiger partial charge is 0.392 e. The Balaban J connectivity index is 1.86. The fourth-order valence-corrected chi connectivity index (χ4v) is 4.30. The quantitative estimate of drug-likeness (QED) is 0.753. The van der Waals surface area contributed by atoms with Gasteiger partial charge in [0.15, 0.2) is 0 Å². The summed E-state index contributed by atoms with van der Waals surface area (Å²) in [7, 11) is -3.48. The summed E-state index contributed by atoms with van der Waals surface area (Å²) in [6, 6.07) is 3.49. The van der Waals surface area contributed by atoms with Gasteiger partial charge in [0, 0.05) is 18.8 Å². The van der Waals surface area contributed by atoms with E-state index in [1.807, 2.05) is 24.6 Å². The molecule has 8 heteroatoms. The summed E-state index contributed by atoms with van der Waals surface area (Å²) in [6.45, 7) is 4.79. The number of nitrogens with one attached hydrogen (secondary N) is 1. The van der Waals surface area contributed by atoms with Gasteiger partial charge in [0.05, 0.1) is 12.3 Å². The van der Waals surface area contributed by atoms with Crippen LogP contribution in [0.4, 0.5) is 0 Å². The molecule has 0 fully saturated rings. The van der Waals surface area contributed by atoms with Crippen LogP contribution in [-0.4, -0.2) is 29.8 Å². The fourth-order valence-electron chi connectivity index (χ4n) is 1.98. The summed E-state index contributed by atoms with van der Waals surface area (Å²) in [4.78, 5) is 0. The van der Waals surface area contributed by atoms with E-state index in [-0.39, 0.29) is 10.8 Å². The van der Waals surface area contributed by atoms with Gasteiger partial charge in [0.2, 0.25) is 10.0 Å². The molecule has 0 aliphatic carbocycles. The average molecular weight is 329 g/mol. The first kappa shape index (κ1) is 16.2. The lowest BCUT2D eigenvalue weighted by Crippen LogP contribution is -2.25. The van der Waals surface area contributed by atoms with Crippen LogP contribution >= 0.6 is 11.3 Å². The van der Waals surface area contributed by atoms with E-state index < -0.39 is 10.0 Å². The summed E-state index contributed by atoms with van der Waals surface area (Å²) in [6.07, 6.45) is 0.666. The molecule has 0 bridgehead atoms. The second-order valence-electron chi connectivity index (χ2n) is 4.83. The summed E-state index contributed by atoms with van der Waals surface area (Å²) in [5.41, 5.74) is 2.65. The minimum Gasteiger partial charge on any atom is -0.392 e. The second-order valence-corrected chi connectivity index (χ2v) is 7.74. The van der Waals surface area contributed by atoms with Crippen LogP contribution in [-0.2, 0) is 23.2 Å². The van der Waals surface area contributed by atoms with Crippen LogP contribution in [0.1, 0.15) is 23.4 Å². The van der Waals surface area contributed by atoms with Crippen molar-refractivity contribution in [3.05, 3.63) is 34.5 Å². The van der Waals surface area contributed by atoms with Crippen molar-refractivity contribution in [1.29, 1.82) is 0 Å². The summed E-state index contributed by atoms with van der Waals surface area (Å²) in [5.74, 6) is 0. The van der Waals surface area contributed by atoms with Gasteiger partial charge >= 0.3 is 0 Å². The van der Waals surface area contributed by atoms with E-state index in [4.69, 9.17) is 5.11 Å². The number of rotatable bonds is 7. The maximum atomic E-state index is 12.0. The first-order chi connectivity index (χ1) is 9.92. The lowest BCUT2D eigenvalue weighted by atomic mass is 10.4. The van der Waals surface area contributed by atoms with Crippen molar-refractivity contribution in [2.45, 2.75) is 37.6 Å². The number of aryl methyl sites for hydroxylation is 3. The normalized spacial score (nSPS) is 12.0. The molecule has 0 aliphatic rings. The van der Waals surface area contributed by atoms with E-state index in [1.165, 1.54) is 6.07 Å². The van der Waals surface area contributed by atoms with E-state index in [0.29, 0.717) is 25.1 Å². The van der Waals surface area contributed by atoms with Crippen LogP contribution in [0.25, 0.3) is 0 Å². The molecule has 2 aromatic rings. The molecule has 21 heavy (non-hydrogen) atoms. The number of sulfonamides is 1. The van der Waals surface area contributed by atoms with Crippen molar-refractivity contribution in [3.8, 4) is 0 Å². The van der Waals surface area contributed by atoms with Crippen molar-refractivity contribution in [2.75, 3.05) is 6.54 Å². The Labute approximate surface area is 128 Å². The average Bonchev–Trinajstić information content (AvgIpc) is 3.02. The summed E-state index contributed by atoms with van der Waals surface area (Å²) >= 11 is 1.11. The highest BCUT2D eigenvalue weighted by Crippen LogP contribution is 2.19. The number of nitrogens with zero attached hydrogens (tertiary/aromatic N) is 2. The van der Waals surface area contributed by atoms with Crippen molar-refractivity contribution in [2.24, 2.45) is 0 Å². The highest BCUT2D eigenvalue weighted by Gasteiger charge is 2.15. The molecule has 0 atom stereocenters. The lowest BCUT2D eigenvalue weighted by Gasteiger charge is -2.06. The van der Waals surface area contributed by atoms with E-state index in [1.54, 1.807) is 5.38 Å². The van der Waals surface area contributed by atoms with Gasteiger partial charge in [-0.3, -0.25) is 4.68 Å². The molecule has 0 spiro atoms. The smallest absolute Gasteiger partial charge is 0.250 e. The van der Waals surface area contributed by atoms with Crippen molar-refractivity contribution in [1.82, 2.24) is 14.5 Å². The number of aliphatic hydroxyl groups excluding tert-OH is 1. The third-order valence-electron chi connectivity index (χ3n) is 3.02. The molecule has 0 radical (unpaired) electrons. The Morgan fingerprint density at radius 3 is 2.71 bits per heavy atom. The van der Waals surface area contributed by atoms with Gasteiger partial charge in [0.1, 0.15) is 4.21 Å². The Morgan fingerprint density at radius 1 is 1.38 bits per heavy atom. The molecule has 116 valence electrons. The number of thiophene rings is 1. The van der Waals surface area contributed by atoms with Crippen LogP contribution < -0.4 is 4.72 Å². The van der Waals surface area contributed by atoms with Crippen LogP contribution in [0.2, 0.25) is 0 Å². The maximum Gasteiger partial charge on any atom is 0.250 e. The summed E-state index contributed by atoms with van der Waals surface area (Å²) in [5, 5.41) is 14.9. The van der Waals surface area contributed by atoms with Crippen LogP contribution in [0, 0.1) is 13.8 Å². The highest BCUT2D eigenvalue weighted by atomic mass is 32.2. The fraction of sp³-hybridized carbons (Fsp3) is 0.462. The van der Waals surface area contributed by atoms with Crippen LogP contribution in [0.5, 0.6) is 0 Å². The standard InChI is InChI=1S/C13H19N3O3S2/c1-10-6-11(2)16(15-10)5-3-4-14-21(18,19)13-7-12(8-17)9-20-13/h6-7,9,14,17H,3-5,8H2,1-2H3. The number of aliphatic hydroxyl groups is 1. The zero-order chi connectivity index (χ0) is 15.5. The Bertz CT molecular complexity index is 704. The third kappa shape index (κ3) is 4.13. The van der Waals surface area contributed by atoms with Gasteiger partial charge in [-0.2, -0.15) is 5.10 Å². The molecule has 0 aliphatic heterocycles. The minimum absolute atomic E-state index is 0.149. The van der Waals surface area contributed by atoms with Crippen LogP contribution in [0.3, 0.4) is 0 Å². The van der Waals surface area contributed by atoms with Crippen molar-refractivity contribution in [3.63, 3.8) is 0 Å². The maximum absolute atomic E-state index is 12.0. The van der Waals surface area contributed by atoms with Gasteiger partial charge in [-0.25, -0.2) is 13.1 Å². The predicted octanol–water partition coefficient (Wildman–Crippen LogP) is 1.42. The van der Waals surface area contributed by atoms with Gasteiger partial charge < -0.3 is 5.11 Å². The van der Waals surface area contributed by atoms with Gasteiger partial charge in [0.25, 0.3) is 0 Å². The number of hydrogen-bond donors (Lipinski definition) is 2. The van der Waals surface area contributed by atoms with Crippen molar-refractivity contribution >= 4 is 21.4 Å². The SMILES string of the molecule is Cc1cc(C)n(CCCNS(=O)(=O)c2cc(CO)cs2)n1. The molecule has 2 N–H and O–H groups in total. The molecular formula is C13H19N3O3S2. The van der Waals surface area contributed by atoms with E-state index in [2.05, 4.69) is 9.82 Å². The Kier molecular flexibility index (Phi) is 5.15. The van der Waals surface area contributed by atoms with Crippen LogP contribution in [0.15, 0.2) is 21.7 Å². The number of hydrogen-bond acceptors (Lipinski definition) is 5. The predicted molar refractivity (Wildman–Crippen MR) is 81.7 cm³/mol. The third-order valence-corrected chi connectivity index (χ3v) is 5.97. The zero-order valence-electron chi connectivity index (χ0n) is 12.0. The topological polar surface area (TPSA) is 84.2 Å². The molecular weight excluding hydrogens is 310 g/mol. The number of aromatic nitrogens is 2. The molecule has 0 saturated heterocycles. The summed E-state index contributed by atoms with van der Waals surface area (Å²) < 4.78 is 28.8. The molecule has 0 aromatic carbocycles. The van der Waals surface area contributed by atoms with Crippen molar-refractivity contribution < 1.29 is 13.5 Å².